The number of aliphatic hydroxyl groups is 1. The van der Waals surface area contributed by atoms with Crippen LogP contribution in [0.1, 0.15) is 36.1 Å². The van der Waals surface area contributed by atoms with E-state index in [4.69, 9.17) is 14.2 Å². The molecule has 3 heterocycles. The number of aromatic hydroxyl groups is 1. The Morgan fingerprint density at radius 1 is 1.16 bits per heavy atom. The summed E-state index contributed by atoms with van der Waals surface area (Å²) >= 11 is 3.35. The second kappa shape index (κ2) is 11.0. The molecule has 2 saturated heterocycles. The van der Waals surface area contributed by atoms with Crippen LogP contribution in [0.25, 0.3) is 5.76 Å². The molecule has 0 bridgehead atoms. The molecule has 2 fully saturated rings. The first-order chi connectivity index (χ1) is 18.3. The molecule has 3 aliphatic heterocycles. The summed E-state index contributed by atoms with van der Waals surface area (Å²) in [6.45, 7) is 6.05. The smallest absolute Gasteiger partial charge is 0.295 e. The molecule has 0 unspecified atom stereocenters. The summed E-state index contributed by atoms with van der Waals surface area (Å²) in [4.78, 5) is 30.5. The molecule has 0 aromatic heterocycles. The van der Waals surface area contributed by atoms with Gasteiger partial charge < -0.3 is 29.3 Å². The number of nitrogens with zero attached hydrogens (tertiary/aromatic N) is 2. The number of hydrogen-bond acceptors (Lipinski definition) is 8. The quantitative estimate of drug-likeness (QED) is 0.287. The van der Waals surface area contributed by atoms with E-state index in [2.05, 4.69) is 20.8 Å². The molecule has 2 atom stereocenters. The number of ether oxygens (including phenoxy) is 3. The first-order valence-corrected chi connectivity index (χ1v) is 13.5. The minimum Gasteiger partial charge on any atom is -0.507 e. The topological polar surface area (TPSA) is 109 Å². The molecule has 38 heavy (non-hydrogen) atoms. The first kappa shape index (κ1) is 26.5. The first-order valence-electron chi connectivity index (χ1n) is 12.7. The number of halogens is 1. The molecule has 9 nitrogen and oxygen atoms in total. The normalized spacial score (nSPS) is 23.0. The van der Waals surface area contributed by atoms with E-state index in [1.807, 2.05) is 13.0 Å². The maximum atomic E-state index is 13.4. The van der Waals surface area contributed by atoms with E-state index in [0.717, 1.165) is 30.9 Å². The number of Topliss-reactive ketones (excluding diaryl/α,β-unsaturated/α-hetero) is 1. The number of ketones is 1. The third-order valence-electron chi connectivity index (χ3n) is 7.27. The van der Waals surface area contributed by atoms with Crippen molar-refractivity contribution in [2.75, 3.05) is 46.5 Å². The molecule has 2 aromatic carbocycles. The highest BCUT2D eigenvalue weighted by atomic mass is 79.9. The second-order valence-electron chi connectivity index (χ2n) is 9.81. The molecule has 0 spiro atoms. The van der Waals surface area contributed by atoms with Crippen LogP contribution >= 0.6 is 15.9 Å². The highest BCUT2D eigenvalue weighted by Crippen LogP contribution is 2.45. The van der Waals surface area contributed by atoms with E-state index in [1.54, 1.807) is 24.3 Å². The third kappa shape index (κ3) is 5.00. The van der Waals surface area contributed by atoms with Gasteiger partial charge >= 0.3 is 0 Å². The third-order valence-corrected chi connectivity index (χ3v) is 7.88. The minimum absolute atomic E-state index is 0.00734. The Bertz CT molecular complexity index is 1290. The molecule has 0 saturated carbocycles. The van der Waals surface area contributed by atoms with E-state index in [-0.39, 0.29) is 28.9 Å². The average molecular weight is 587 g/mol. The lowest BCUT2D eigenvalue weighted by Crippen LogP contribution is -2.39. The molecule has 1 amide bonds. The van der Waals surface area contributed by atoms with Crippen molar-refractivity contribution < 1.29 is 34.0 Å². The summed E-state index contributed by atoms with van der Waals surface area (Å²) < 4.78 is 16.9. The Balaban J connectivity index is 1.54. The Morgan fingerprint density at radius 3 is 2.66 bits per heavy atom. The van der Waals surface area contributed by atoms with Gasteiger partial charge in [-0.15, -0.1) is 0 Å². The maximum Gasteiger partial charge on any atom is 0.295 e. The summed E-state index contributed by atoms with van der Waals surface area (Å²) in [6, 6.07) is 7.68. The number of aliphatic hydroxyl groups excluding tert-OH is 1. The van der Waals surface area contributed by atoms with Crippen molar-refractivity contribution in [3.05, 3.63) is 57.1 Å². The van der Waals surface area contributed by atoms with Crippen LogP contribution in [0.5, 0.6) is 17.2 Å². The van der Waals surface area contributed by atoms with Gasteiger partial charge in [-0.1, -0.05) is 0 Å². The number of hydrogen-bond donors (Lipinski definition) is 2. The van der Waals surface area contributed by atoms with Crippen molar-refractivity contribution in [2.24, 2.45) is 0 Å². The molecular weight excluding hydrogens is 556 g/mol. The van der Waals surface area contributed by atoms with Crippen molar-refractivity contribution >= 4 is 33.4 Å². The van der Waals surface area contributed by atoms with Crippen LogP contribution in [-0.4, -0.2) is 84.3 Å². The molecule has 3 aliphatic rings. The Kier molecular flexibility index (Phi) is 7.65. The number of carbonyl (C=O) groups is 2. The average Bonchev–Trinajstić information content (AvgIpc) is 3.41. The summed E-state index contributed by atoms with van der Waals surface area (Å²) in [5, 5.41) is 21.8. The van der Waals surface area contributed by atoms with E-state index in [9.17, 15) is 19.8 Å². The fourth-order valence-electron chi connectivity index (χ4n) is 5.38. The van der Waals surface area contributed by atoms with Crippen molar-refractivity contribution in [1.29, 1.82) is 0 Å². The van der Waals surface area contributed by atoms with E-state index < -0.39 is 17.7 Å². The zero-order valence-corrected chi connectivity index (χ0v) is 23.0. The van der Waals surface area contributed by atoms with Gasteiger partial charge in [-0.3, -0.25) is 14.5 Å². The van der Waals surface area contributed by atoms with Crippen molar-refractivity contribution in [3.63, 3.8) is 0 Å². The van der Waals surface area contributed by atoms with Crippen LogP contribution in [0.2, 0.25) is 0 Å². The van der Waals surface area contributed by atoms with Crippen LogP contribution in [0.15, 0.2) is 40.4 Å². The zero-order chi connectivity index (χ0) is 27.0. The van der Waals surface area contributed by atoms with Gasteiger partial charge in [0, 0.05) is 38.2 Å². The number of likely N-dealkylation sites (tertiary alicyclic amines) is 1. The Hall–Kier alpha value is -3.08. The zero-order valence-electron chi connectivity index (χ0n) is 21.4. The number of carbonyl (C=O) groups excluding carboxylic acids is 2. The molecule has 10 heteroatoms. The van der Waals surface area contributed by atoms with Crippen molar-refractivity contribution in [3.8, 4) is 17.2 Å². The molecule has 5 rings (SSSR count). The monoisotopic (exact) mass is 586 g/mol. The number of methoxy groups -OCH3 is 1. The molecular formula is C28H31BrN2O7. The number of phenolic OH excluding ortho intramolecular Hbond substituents is 1. The SMILES string of the molecule is COc1cc([C@H]2C(=C(O)c3ccc4c(c3)C[C@H](C)O4)C(=O)C(=O)N2CCCN2CCOCC2)cc(Br)c1O. The van der Waals surface area contributed by atoms with E-state index in [1.165, 1.54) is 12.0 Å². The highest BCUT2D eigenvalue weighted by Gasteiger charge is 2.46. The van der Waals surface area contributed by atoms with Crippen LogP contribution in [0.3, 0.4) is 0 Å². The van der Waals surface area contributed by atoms with Gasteiger partial charge in [0.25, 0.3) is 11.7 Å². The molecule has 2 N–H and O–H groups in total. The van der Waals surface area contributed by atoms with E-state index >= 15 is 0 Å². The van der Waals surface area contributed by atoms with Crippen LogP contribution < -0.4 is 9.47 Å². The van der Waals surface area contributed by atoms with Gasteiger partial charge in [-0.25, -0.2) is 0 Å². The number of amides is 1. The Morgan fingerprint density at radius 2 is 1.92 bits per heavy atom. The van der Waals surface area contributed by atoms with Crippen molar-refractivity contribution in [2.45, 2.75) is 31.9 Å². The fraction of sp³-hybridized carbons (Fsp3) is 0.429. The number of benzene rings is 2. The maximum absolute atomic E-state index is 13.4. The predicted octanol–water partition coefficient (Wildman–Crippen LogP) is 3.63. The van der Waals surface area contributed by atoms with E-state index in [0.29, 0.717) is 48.2 Å². The number of morpholine rings is 1. The largest absolute Gasteiger partial charge is 0.507 e. The van der Waals surface area contributed by atoms with Gasteiger partial charge in [0.15, 0.2) is 11.5 Å². The second-order valence-corrected chi connectivity index (χ2v) is 10.7. The standard InChI is InChI=1S/C28H31BrN2O7/c1-16-12-18-13-17(4-5-21(18)38-16)25(32)23-24(19-14-20(29)26(33)22(15-19)36-2)31(28(35)27(23)34)7-3-6-30-8-10-37-11-9-30/h4-5,13-16,24,32-33H,3,6-12H2,1-2H3/t16-,24-/m0/s1. The Labute approximate surface area is 229 Å². The summed E-state index contributed by atoms with van der Waals surface area (Å²) in [7, 11) is 1.43. The predicted molar refractivity (Wildman–Crippen MR) is 143 cm³/mol. The number of rotatable bonds is 7. The van der Waals surface area contributed by atoms with Crippen LogP contribution in [-0.2, 0) is 20.7 Å². The van der Waals surface area contributed by atoms with Gasteiger partial charge in [-0.2, -0.15) is 0 Å². The van der Waals surface area contributed by atoms with Gasteiger partial charge in [-0.05, 0) is 70.7 Å². The molecule has 0 aliphatic carbocycles. The summed E-state index contributed by atoms with van der Waals surface area (Å²) in [6.07, 6.45) is 1.37. The molecule has 2 aromatic rings. The molecule has 202 valence electrons. The van der Waals surface area contributed by atoms with Gasteiger partial charge in [0.05, 0.1) is 36.4 Å². The lowest BCUT2D eigenvalue weighted by molar-refractivity contribution is -0.140. The van der Waals surface area contributed by atoms with Crippen LogP contribution in [0, 0.1) is 0 Å². The lowest BCUT2D eigenvalue weighted by atomic mass is 9.94. The fourth-order valence-corrected chi connectivity index (χ4v) is 5.84. The van der Waals surface area contributed by atoms with Crippen LogP contribution in [0.4, 0.5) is 0 Å². The summed E-state index contributed by atoms with van der Waals surface area (Å²) in [5.74, 6) is -0.798. The number of fused-ring (bicyclic) bond motifs is 1. The van der Waals surface area contributed by atoms with Gasteiger partial charge in [0.2, 0.25) is 0 Å². The number of phenols is 1. The van der Waals surface area contributed by atoms with Gasteiger partial charge in [0.1, 0.15) is 17.6 Å². The molecule has 0 radical (unpaired) electrons. The van der Waals surface area contributed by atoms with Crippen molar-refractivity contribution in [1.82, 2.24) is 9.80 Å². The minimum atomic E-state index is -0.853. The lowest BCUT2D eigenvalue weighted by Gasteiger charge is -2.29. The summed E-state index contributed by atoms with van der Waals surface area (Å²) in [5.41, 5.74) is 1.93. The highest BCUT2D eigenvalue weighted by molar-refractivity contribution is 9.10.